The zero-order valence-electron chi connectivity index (χ0n) is 25.7. The van der Waals surface area contributed by atoms with Gasteiger partial charge in [0.15, 0.2) is 0 Å². The average Bonchev–Trinajstić information content (AvgIpc) is 3.38. The Kier molecular flexibility index (Phi) is 8.78. The predicted octanol–water partition coefficient (Wildman–Crippen LogP) is 9.33. The Bertz CT molecular complexity index is 1400. The summed E-state index contributed by atoms with van der Waals surface area (Å²) in [5, 5.41) is 2.56. The van der Waals surface area contributed by atoms with Gasteiger partial charge in [-0.05, 0) is 94.2 Å². The lowest BCUT2D eigenvalue weighted by Crippen LogP contribution is -2.41. The van der Waals surface area contributed by atoms with Gasteiger partial charge < -0.3 is 13.9 Å². The van der Waals surface area contributed by atoms with Crippen LogP contribution in [0.4, 0.5) is 0 Å². The van der Waals surface area contributed by atoms with Crippen LogP contribution in [0.5, 0.6) is 0 Å². The molecule has 2 heterocycles. The molecule has 1 aromatic heterocycles. The number of unbranched alkanes of at least 4 members (excludes halogenated alkanes) is 6. The third-order valence-corrected chi connectivity index (χ3v) is 9.16. The maximum Gasteiger partial charge on any atom is 0.494 e. The molecule has 1 fully saturated rings. The molecule has 4 aromatic rings. The number of hydrogen-bond acceptors (Lipinski definition) is 2. The fourth-order valence-corrected chi connectivity index (χ4v) is 6.06. The van der Waals surface area contributed by atoms with Crippen LogP contribution in [0.2, 0.25) is 0 Å². The van der Waals surface area contributed by atoms with Gasteiger partial charge in [0.05, 0.1) is 22.2 Å². The normalized spacial score (nSPS) is 16.4. The lowest BCUT2D eigenvalue weighted by atomic mass is 9.79. The molecular weight excluding hydrogens is 489 g/mol. The first-order valence-corrected chi connectivity index (χ1v) is 15.8. The summed E-state index contributed by atoms with van der Waals surface area (Å²) < 4.78 is 15.4. The molecule has 3 aromatic carbocycles. The number of aryl methyl sites for hydroxylation is 2. The van der Waals surface area contributed by atoms with Crippen molar-refractivity contribution in [2.75, 3.05) is 0 Å². The lowest BCUT2D eigenvalue weighted by molar-refractivity contribution is 0.00578. The first-order chi connectivity index (χ1) is 19.2. The van der Waals surface area contributed by atoms with E-state index in [9.17, 15) is 0 Å². The molecule has 1 aliphatic heterocycles. The van der Waals surface area contributed by atoms with Crippen LogP contribution < -0.4 is 5.46 Å². The molecule has 0 atom stereocenters. The summed E-state index contributed by atoms with van der Waals surface area (Å²) in [6, 6.07) is 22.9. The van der Waals surface area contributed by atoms with Crippen molar-refractivity contribution in [1.29, 1.82) is 0 Å². The van der Waals surface area contributed by atoms with Crippen LogP contribution in [0.3, 0.4) is 0 Å². The molecule has 0 radical (unpaired) electrons. The highest BCUT2D eigenvalue weighted by Crippen LogP contribution is 2.38. The fraction of sp³-hybridized carbons (Fsp3) is 0.500. The second-order valence-corrected chi connectivity index (χ2v) is 12.8. The summed E-state index contributed by atoms with van der Waals surface area (Å²) >= 11 is 0. The largest absolute Gasteiger partial charge is 0.494 e. The Labute approximate surface area is 242 Å². The number of benzene rings is 3. The second kappa shape index (κ2) is 12.1. The molecule has 1 aliphatic rings. The second-order valence-electron chi connectivity index (χ2n) is 12.8. The summed E-state index contributed by atoms with van der Waals surface area (Å²) in [5.41, 5.74) is 7.02. The van der Waals surface area contributed by atoms with Crippen LogP contribution in [0.25, 0.3) is 27.5 Å². The van der Waals surface area contributed by atoms with E-state index in [2.05, 4.69) is 107 Å². The van der Waals surface area contributed by atoms with Crippen molar-refractivity contribution in [3.05, 3.63) is 71.8 Å². The van der Waals surface area contributed by atoms with Crippen LogP contribution in [0, 0.1) is 0 Å². The van der Waals surface area contributed by atoms with Crippen LogP contribution in [-0.4, -0.2) is 22.9 Å². The van der Waals surface area contributed by atoms with Crippen molar-refractivity contribution in [1.82, 2.24) is 4.57 Å². The van der Waals surface area contributed by atoms with E-state index in [0.29, 0.717) is 0 Å². The van der Waals surface area contributed by atoms with E-state index in [1.54, 1.807) is 0 Å². The van der Waals surface area contributed by atoms with Crippen molar-refractivity contribution in [3.63, 3.8) is 0 Å². The number of fused-ring (bicyclic) bond motifs is 3. The molecule has 3 nitrogen and oxygen atoms in total. The number of rotatable bonds is 12. The first-order valence-electron chi connectivity index (χ1n) is 15.8. The average molecular weight is 538 g/mol. The van der Waals surface area contributed by atoms with Gasteiger partial charge in [-0.15, -0.1) is 0 Å². The van der Waals surface area contributed by atoms with Crippen LogP contribution in [0.1, 0.15) is 104 Å². The summed E-state index contributed by atoms with van der Waals surface area (Å²) in [5.74, 6) is 0. The van der Waals surface area contributed by atoms with Gasteiger partial charge in [-0.2, -0.15) is 0 Å². The monoisotopic (exact) mass is 537 g/mol. The lowest BCUT2D eigenvalue weighted by Gasteiger charge is -2.32. The quantitative estimate of drug-likeness (QED) is 0.133. The van der Waals surface area contributed by atoms with Crippen LogP contribution in [0.15, 0.2) is 60.7 Å². The molecule has 40 heavy (non-hydrogen) atoms. The molecule has 0 amide bonds. The van der Waals surface area contributed by atoms with Gasteiger partial charge >= 0.3 is 7.12 Å². The molecule has 0 unspecified atom stereocenters. The highest BCUT2D eigenvalue weighted by molar-refractivity contribution is 6.62. The Morgan fingerprint density at radius 1 is 0.625 bits per heavy atom. The SMILES string of the molecule is CCCCCCc1cc(CCCCCC)cc(-n2c3ccccc3c3ccc(B4OC(C)(C)C(C)(C)O4)cc32)c1. The van der Waals surface area contributed by atoms with E-state index in [-0.39, 0.29) is 18.3 Å². The zero-order chi connectivity index (χ0) is 28.3. The van der Waals surface area contributed by atoms with E-state index >= 15 is 0 Å². The van der Waals surface area contributed by atoms with Crippen LogP contribution >= 0.6 is 0 Å². The minimum Gasteiger partial charge on any atom is -0.399 e. The van der Waals surface area contributed by atoms with Crippen molar-refractivity contribution >= 4 is 34.4 Å². The summed E-state index contributed by atoms with van der Waals surface area (Å²) in [4.78, 5) is 0. The standard InChI is InChI=1S/C36H48BNO2/c1-7-9-11-13-17-27-23-28(18-14-12-10-8-2)25-30(24-27)38-33-20-16-15-19-31(33)32-22-21-29(26-34(32)38)37-39-35(3,4)36(5,6)40-37/h15-16,19-26H,7-14,17-18H2,1-6H3. The third kappa shape index (κ3) is 5.90. The molecule has 5 rings (SSSR count). The molecule has 0 spiro atoms. The van der Waals surface area contributed by atoms with Crippen molar-refractivity contribution in [2.24, 2.45) is 0 Å². The molecule has 212 valence electrons. The number of para-hydroxylation sites is 1. The summed E-state index contributed by atoms with van der Waals surface area (Å²) in [6.45, 7) is 13.1. The molecule has 1 saturated heterocycles. The molecule has 0 aliphatic carbocycles. The number of aromatic nitrogens is 1. The molecule has 0 saturated carbocycles. The van der Waals surface area contributed by atoms with E-state index in [1.807, 2.05) is 0 Å². The number of nitrogens with zero attached hydrogens (tertiary/aromatic N) is 1. The fourth-order valence-electron chi connectivity index (χ4n) is 6.06. The van der Waals surface area contributed by atoms with Crippen LogP contribution in [-0.2, 0) is 22.2 Å². The maximum absolute atomic E-state index is 6.45. The highest BCUT2D eigenvalue weighted by atomic mass is 16.7. The van der Waals surface area contributed by atoms with E-state index in [0.717, 1.165) is 18.3 Å². The zero-order valence-corrected chi connectivity index (χ0v) is 25.7. The van der Waals surface area contributed by atoms with E-state index < -0.39 is 0 Å². The third-order valence-electron chi connectivity index (χ3n) is 9.16. The predicted molar refractivity (Wildman–Crippen MR) is 172 cm³/mol. The topological polar surface area (TPSA) is 23.4 Å². The Morgan fingerprint density at radius 2 is 1.20 bits per heavy atom. The van der Waals surface area contributed by atoms with Gasteiger partial charge in [0.1, 0.15) is 0 Å². The molecular formula is C36H48BNO2. The van der Waals surface area contributed by atoms with Gasteiger partial charge in [0.25, 0.3) is 0 Å². The Morgan fingerprint density at radius 3 is 1.80 bits per heavy atom. The maximum atomic E-state index is 6.45. The summed E-state index contributed by atoms with van der Waals surface area (Å²) in [6.07, 6.45) is 12.6. The molecule has 0 bridgehead atoms. The molecule has 4 heteroatoms. The van der Waals surface area contributed by atoms with Gasteiger partial charge in [0.2, 0.25) is 0 Å². The van der Waals surface area contributed by atoms with Gasteiger partial charge in [-0.1, -0.05) is 88.8 Å². The van der Waals surface area contributed by atoms with Crippen molar-refractivity contribution in [3.8, 4) is 5.69 Å². The highest BCUT2D eigenvalue weighted by Gasteiger charge is 2.51. The van der Waals surface area contributed by atoms with Gasteiger partial charge in [0, 0.05) is 16.5 Å². The van der Waals surface area contributed by atoms with Crippen molar-refractivity contribution < 1.29 is 9.31 Å². The Hall–Kier alpha value is -2.56. The van der Waals surface area contributed by atoms with E-state index in [1.165, 1.54) is 90.0 Å². The minimum absolute atomic E-state index is 0.363. The minimum atomic E-state index is -0.375. The number of hydrogen-bond donors (Lipinski definition) is 0. The Balaban J connectivity index is 1.60. The molecule has 0 N–H and O–H groups in total. The van der Waals surface area contributed by atoms with Crippen molar-refractivity contribution in [2.45, 2.75) is 117 Å². The van der Waals surface area contributed by atoms with Gasteiger partial charge in [-0.3, -0.25) is 0 Å². The van der Waals surface area contributed by atoms with Gasteiger partial charge in [-0.25, -0.2) is 0 Å². The summed E-state index contributed by atoms with van der Waals surface area (Å²) in [7, 11) is -0.375. The smallest absolute Gasteiger partial charge is 0.399 e. The first kappa shape index (κ1) is 29.0. The van der Waals surface area contributed by atoms with E-state index in [4.69, 9.17) is 9.31 Å².